The largest absolute Gasteiger partial charge is 0.379 e. The van der Waals surface area contributed by atoms with E-state index in [1.54, 1.807) is 12.1 Å². The first kappa shape index (κ1) is 13.3. The molecule has 0 aromatic heterocycles. The van der Waals surface area contributed by atoms with Gasteiger partial charge in [-0.15, -0.1) is 0 Å². The maximum atomic E-state index is 11.1. The summed E-state index contributed by atoms with van der Waals surface area (Å²) in [5, 5.41) is 14.2. The summed E-state index contributed by atoms with van der Waals surface area (Å²) >= 11 is 0. The van der Waals surface area contributed by atoms with Crippen molar-refractivity contribution in [3.8, 4) is 0 Å². The fraction of sp³-hybridized carbons (Fsp3) is 0.188. The lowest BCUT2D eigenvalue weighted by Crippen LogP contribution is -2.24. The molecule has 0 bridgehead atoms. The number of nitrogens with zero attached hydrogens (tertiary/aromatic N) is 1. The van der Waals surface area contributed by atoms with Gasteiger partial charge in [0.05, 0.1) is 4.92 Å². The summed E-state index contributed by atoms with van der Waals surface area (Å²) in [5.74, 6) is 0.381. The minimum absolute atomic E-state index is 0.0628. The first-order valence-corrected chi connectivity index (χ1v) is 6.74. The average molecular weight is 282 g/mol. The van der Waals surface area contributed by atoms with Gasteiger partial charge >= 0.3 is 0 Å². The summed E-state index contributed by atoms with van der Waals surface area (Å²) in [4.78, 5) is 21.3. The first-order chi connectivity index (χ1) is 10.2. The van der Waals surface area contributed by atoms with Crippen molar-refractivity contribution in [3.05, 3.63) is 69.3 Å². The highest BCUT2D eigenvalue weighted by Crippen LogP contribution is 2.35. The summed E-state index contributed by atoms with van der Waals surface area (Å²) in [6.07, 6.45) is 1.60. The number of fused-ring (bicyclic) bond motifs is 1. The fourth-order valence-electron chi connectivity index (χ4n) is 2.70. The molecule has 1 atom stereocenters. The molecule has 5 nitrogen and oxygen atoms in total. The molecule has 0 aliphatic heterocycles. The standard InChI is InChI=1S/C16H14N2O3/c19-10-11-5-6-15(16(7-11)18(20)21)17-9-13-8-12-3-1-2-4-14(12)13/h1-7,10,13,17H,8-9H2. The summed E-state index contributed by atoms with van der Waals surface area (Å²) in [6, 6.07) is 12.7. The number of aldehydes is 1. The van der Waals surface area contributed by atoms with Crippen LogP contribution in [0.4, 0.5) is 11.4 Å². The van der Waals surface area contributed by atoms with E-state index in [4.69, 9.17) is 0 Å². The van der Waals surface area contributed by atoms with Gasteiger partial charge in [0.15, 0.2) is 0 Å². The van der Waals surface area contributed by atoms with Crippen molar-refractivity contribution in [2.45, 2.75) is 12.3 Å². The van der Waals surface area contributed by atoms with Crippen LogP contribution >= 0.6 is 0 Å². The molecule has 5 heteroatoms. The van der Waals surface area contributed by atoms with Gasteiger partial charge < -0.3 is 5.32 Å². The van der Waals surface area contributed by atoms with E-state index in [9.17, 15) is 14.9 Å². The third-order valence-electron chi connectivity index (χ3n) is 3.85. The lowest BCUT2D eigenvalue weighted by molar-refractivity contribution is -0.384. The second-order valence-corrected chi connectivity index (χ2v) is 5.13. The van der Waals surface area contributed by atoms with Crippen LogP contribution in [0.1, 0.15) is 27.4 Å². The van der Waals surface area contributed by atoms with Crippen molar-refractivity contribution in [2.24, 2.45) is 0 Å². The molecular formula is C16H14N2O3. The van der Waals surface area contributed by atoms with Crippen LogP contribution < -0.4 is 5.32 Å². The molecular weight excluding hydrogens is 268 g/mol. The minimum Gasteiger partial charge on any atom is -0.379 e. The summed E-state index contributed by atoms with van der Waals surface area (Å²) in [7, 11) is 0. The summed E-state index contributed by atoms with van der Waals surface area (Å²) in [5.41, 5.74) is 3.34. The molecule has 0 amide bonds. The molecule has 1 aliphatic rings. The molecule has 21 heavy (non-hydrogen) atoms. The van der Waals surface area contributed by atoms with Gasteiger partial charge in [-0.1, -0.05) is 24.3 Å². The van der Waals surface area contributed by atoms with E-state index in [0.29, 0.717) is 30.0 Å². The molecule has 2 aromatic rings. The predicted molar refractivity (Wildman–Crippen MR) is 79.9 cm³/mol. The van der Waals surface area contributed by atoms with E-state index in [1.165, 1.54) is 17.2 Å². The number of nitro groups is 1. The molecule has 1 unspecified atom stereocenters. The molecule has 0 saturated heterocycles. The molecule has 0 saturated carbocycles. The topological polar surface area (TPSA) is 72.2 Å². The lowest BCUT2D eigenvalue weighted by Gasteiger charge is -2.30. The smallest absolute Gasteiger partial charge is 0.293 e. The Morgan fingerprint density at radius 2 is 2.10 bits per heavy atom. The Hall–Kier alpha value is -2.69. The second-order valence-electron chi connectivity index (χ2n) is 5.13. The van der Waals surface area contributed by atoms with E-state index in [0.717, 1.165) is 6.42 Å². The zero-order chi connectivity index (χ0) is 14.8. The third-order valence-corrected chi connectivity index (χ3v) is 3.85. The molecule has 0 spiro atoms. The van der Waals surface area contributed by atoms with E-state index < -0.39 is 4.92 Å². The number of carbonyl (C=O) groups excluding carboxylic acids is 1. The third kappa shape index (κ3) is 2.50. The van der Waals surface area contributed by atoms with Gasteiger partial charge in [-0.2, -0.15) is 0 Å². The highest BCUT2D eigenvalue weighted by atomic mass is 16.6. The van der Waals surface area contributed by atoms with Crippen LogP contribution in [0.5, 0.6) is 0 Å². The number of benzene rings is 2. The van der Waals surface area contributed by atoms with Crippen molar-refractivity contribution >= 4 is 17.7 Å². The summed E-state index contributed by atoms with van der Waals surface area (Å²) < 4.78 is 0. The Balaban J connectivity index is 1.74. The van der Waals surface area contributed by atoms with Crippen LogP contribution in [0.2, 0.25) is 0 Å². The summed E-state index contributed by atoms with van der Waals surface area (Å²) in [6.45, 7) is 0.651. The fourth-order valence-corrected chi connectivity index (χ4v) is 2.70. The van der Waals surface area contributed by atoms with Gasteiger partial charge in [-0.05, 0) is 29.7 Å². The molecule has 0 radical (unpaired) electrons. The van der Waals surface area contributed by atoms with Crippen molar-refractivity contribution in [1.29, 1.82) is 0 Å². The SMILES string of the molecule is O=Cc1ccc(NCC2Cc3ccccc32)c([N+](=O)[O-])c1. The van der Waals surface area contributed by atoms with Crippen LogP contribution in [0.3, 0.4) is 0 Å². The highest BCUT2D eigenvalue weighted by Gasteiger charge is 2.25. The number of anilines is 1. The van der Waals surface area contributed by atoms with E-state index >= 15 is 0 Å². The number of rotatable bonds is 5. The molecule has 2 aromatic carbocycles. The van der Waals surface area contributed by atoms with Crippen molar-refractivity contribution in [2.75, 3.05) is 11.9 Å². The number of carbonyl (C=O) groups is 1. The quantitative estimate of drug-likeness (QED) is 0.519. The average Bonchev–Trinajstić information content (AvgIpc) is 2.48. The number of nitro benzene ring substituents is 1. The van der Waals surface area contributed by atoms with Crippen LogP contribution in [0, 0.1) is 10.1 Å². The van der Waals surface area contributed by atoms with Crippen molar-refractivity contribution in [1.82, 2.24) is 0 Å². The minimum atomic E-state index is -0.468. The van der Waals surface area contributed by atoms with Crippen LogP contribution in [0.25, 0.3) is 0 Å². The lowest BCUT2D eigenvalue weighted by atomic mass is 9.77. The normalized spacial score (nSPS) is 15.7. The van der Waals surface area contributed by atoms with E-state index in [-0.39, 0.29) is 5.69 Å². The molecule has 1 aliphatic carbocycles. The maximum absolute atomic E-state index is 11.1. The maximum Gasteiger partial charge on any atom is 0.293 e. The zero-order valence-electron chi connectivity index (χ0n) is 11.3. The number of hydrogen-bond acceptors (Lipinski definition) is 4. The van der Waals surface area contributed by atoms with Crippen LogP contribution in [-0.2, 0) is 6.42 Å². The molecule has 0 heterocycles. The second kappa shape index (κ2) is 5.36. The Morgan fingerprint density at radius 3 is 2.81 bits per heavy atom. The van der Waals surface area contributed by atoms with Gasteiger partial charge in [-0.25, -0.2) is 0 Å². The Kier molecular flexibility index (Phi) is 3.39. The van der Waals surface area contributed by atoms with Gasteiger partial charge in [0, 0.05) is 24.1 Å². The first-order valence-electron chi connectivity index (χ1n) is 6.74. The molecule has 106 valence electrons. The van der Waals surface area contributed by atoms with Gasteiger partial charge in [0.25, 0.3) is 5.69 Å². The Morgan fingerprint density at radius 1 is 1.29 bits per heavy atom. The van der Waals surface area contributed by atoms with Crippen molar-refractivity contribution < 1.29 is 9.72 Å². The van der Waals surface area contributed by atoms with Crippen molar-refractivity contribution in [3.63, 3.8) is 0 Å². The van der Waals surface area contributed by atoms with E-state index in [1.807, 2.05) is 12.1 Å². The predicted octanol–water partition coefficient (Wildman–Crippen LogP) is 3.16. The van der Waals surface area contributed by atoms with Gasteiger partial charge in [-0.3, -0.25) is 14.9 Å². The van der Waals surface area contributed by atoms with Gasteiger partial charge in [0.2, 0.25) is 0 Å². The highest BCUT2D eigenvalue weighted by molar-refractivity contribution is 5.79. The molecule has 0 fully saturated rings. The Labute approximate surface area is 121 Å². The number of nitrogens with one attached hydrogen (secondary N) is 1. The molecule has 3 rings (SSSR count). The number of hydrogen-bond donors (Lipinski definition) is 1. The monoisotopic (exact) mass is 282 g/mol. The van der Waals surface area contributed by atoms with Gasteiger partial charge in [0.1, 0.15) is 12.0 Å². The van der Waals surface area contributed by atoms with Crippen LogP contribution in [0.15, 0.2) is 42.5 Å². The van der Waals surface area contributed by atoms with Crippen LogP contribution in [-0.4, -0.2) is 17.8 Å². The van der Waals surface area contributed by atoms with E-state index in [2.05, 4.69) is 17.4 Å². The zero-order valence-corrected chi connectivity index (χ0v) is 11.3. The Bertz CT molecular complexity index is 712. The molecule has 1 N–H and O–H groups in total.